The third kappa shape index (κ3) is 5.04. The molecule has 1 aromatic rings. The van der Waals surface area contributed by atoms with Gasteiger partial charge in [0, 0.05) is 11.3 Å². The van der Waals surface area contributed by atoms with Gasteiger partial charge in [-0.05, 0) is 54.3 Å². The Bertz CT molecular complexity index is 717. The lowest BCUT2D eigenvalue weighted by Gasteiger charge is -2.33. The first kappa shape index (κ1) is 20.8. The molecule has 7 heteroatoms. The molecule has 0 spiro atoms. The van der Waals surface area contributed by atoms with Crippen molar-refractivity contribution in [3.05, 3.63) is 16.0 Å². The van der Waals surface area contributed by atoms with E-state index in [1.165, 1.54) is 16.2 Å². The van der Waals surface area contributed by atoms with Gasteiger partial charge in [-0.15, -0.1) is 11.3 Å². The fraction of sp³-hybridized carbons (Fsp3) is 0.632. The van der Waals surface area contributed by atoms with Gasteiger partial charge in [-0.3, -0.25) is 9.59 Å². The Morgan fingerprint density at radius 3 is 2.54 bits per heavy atom. The molecule has 0 fully saturated rings. The lowest BCUT2D eigenvalue weighted by atomic mass is 9.72. The van der Waals surface area contributed by atoms with Gasteiger partial charge in [0.25, 0.3) is 5.91 Å². The number of anilines is 1. The van der Waals surface area contributed by atoms with Crippen molar-refractivity contribution in [3.8, 4) is 0 Å². The Balaban J connectivity index is 2.19. The molecule has 1 aliphatic carbocycles. The lowest BCUT2D eigenvalue weighted by molar-refractivity contribution is -0.120. The average Bonchev–Trinajstić information content (AvgIpc) is 2.81. The third-order valence-electron chi connectivity index (χ3n) is 4.81. The Labute approximate surface area is 165 Å². The summed E-state index contributed by atoms with van der Waals surface area (Å²) in [6.07, 6.45) is 3.24. The van der Waals surface area contributed by atoms with Gasteiger partial charge in [-0.1, -0.05) is 34.6 Å². The number of nitrogens with two attached hydrogens (primary N) is 1. The molecule has 0 aliphatic heterocycles. The summed E-state index contributed by atoms with van der Waals surface area (Å²) in [7, 11) is 0. The van der Waals surface area contributed by atoms with Crippen molar-refractivity contribution in [2.45, 2.75) is 60.3 Å². The summed E-state index contributed by atoms with van der Waals surface area (Å²) in [5.74, 6) is 0.241. The first-order valence-corrected chi connectivity index (χ1v) is 10.3. The van der Waals surface area contributed by atoms with Crippen molar-refractivity contribution in [2.24, 2.45) is 23.0 Å². The zero-order valence-electron chi connectivity index (χ0n) is 16.2. The van der Waals surface area contributed by atoms with Gasteiger partial charge in [0.15, 0.2) is 5.11 Å². The van der Waals surface area contributed by atoms with E-state index in [9.17, 15) is 9.59 Å². The summed E-state index contributed by atoms with van der Waals surface area (Å²) in [6.45, 7) is 10.7. The number of hydrogen-bond acceptors (Lipinski definition) is 4. The van der Waals surface area contributed by atoms with Crippen molar-refractivity contribution >= 4 is 45.5 Å². The van der Waals surface area contributed by atoms with E-state index in [1.807, 2.05) is 13.8 Å². The van der Waals surface area contributed by atoms with Crippen LogP contribution in [0, 0.1) is 17.3 Å². The molecule has 0 unspecified atom stereocenters. The molecular weight excluding hydrogens is 366 g/mol. The summed E-state index contributed by atoms with van der Waals surface area (Å²) in [4.78, 5) is 25.1. The van der Waals surface area contributed by atoms with Crippen molar-refractivity contribution in [3.63, 3.8) is 0 Å². The van der Waals surface area contributed by atoms with Crippen LogP contribution in [0.1, 0.15) is 68.3 Å². The fourth-order valence-electron chi connectivity index (χ4n) is 3.36. The van der Waals surface area contributed by atoms with Crippen LogP contribution in [0.5, 0.6) is 0 Å². The Hall–Kier alpha value is -1.47. The summed E-state index contributed by atoms with van der Waals surface area (Å²) in [6, 6.07) is 0. The number of carbonyl (C=O) groups excluding carboxylic acids is 2. The maximum absolute atomic E-state index is 12.0. The minimum Gasteiger partial charge on any atom is -0.365 e. The van der Waals surface area contributed by atoms with Crippen molar-refractivity contribution in [1.29, 1.82) is 0 Å². The quantitative estimate of drug-likeness (QED) is 0.676. The van der Waals surface area contributed by atoms with E-state index in [0.29, 0.717) is 22.9 Å². The first-order valence-electron chi connectivity index (χ1n) is 9.04. The molecule has 1 aromatic heterocycles. The van der Waals surface area contributed by atoms with Crippen LogP contribution in [-0.4, -0.2) is 16.9 Å². The van der Waals surface area contributed by atoms with E-state index in [-0.39, 0.29) is 22.4 Å². The van der Waals surface area contributed by atoms with Crippen molar-refractivity contribution in [2.75, 3.05) is 5.32 Å². The van der Waals surface area contributed by atoms with Crippen LogP contribution < -0.4 is 16.4 Å². The SMILES string of the molecule is CC(C)CC(=O)NC(=S)Nc1sc2c(c1C(N)=O)CC[C@@H](C(C)(C)C)C2. The summed E-state index contributed by atoms with van der Waals surface area (Å²) in [5.41, 5.74) is 7.44. The molecule has 0 saturated carbocycles. The highest BCUT2D eigenvalue weighted by Gasteiger charge is 2.33. The molecule has 26 heavy (non-hydrogen) atoms. The summed E-state index contributed by atoms with van der Waals surface area (Å²) >= 11 is 6.77. The number of fused-ring (bicyclic) bond motifs is 1. The van der Waals surface area contributed by atoms with Crippen LogP contribution >= 0.6 is 23.6 Å². The molecule has 0 saturated heterocycles. The van der Waals surface area contributed by atoms with Gasteiger partial charge in [-0.25, -0.2) is 0 Å². The van der Waals surface area contributed by atoms with Crippen LogP contribution in [0.15, 0.2) is 0 Å². The van der Waals surface area contributed by atoms with Crippen LogP contribution in [0.3, 0.4) is 0 Å². The van der Waals surface area contributed by atoms with Crippen LogP contribution in [-0.2, 0) is 17.6 Å². The molecular formula is C19H29N3O2S2. The molecule has 0 radical (unpaired) electrons. The first-order chi connectivity index (χ1) is 12.0. The Kier molecular flexibility index (Phi) is 6.45. The molecule has 4 N–H and O–H groups in total. The largest absolute Gasteiger partial charge is 0.365 e. The minimum atomic E-state index is -0.449. The second-order valence-electron chi connectivity index (χ2n) is 8.48. The maximum atomic E-state index is 12.0. The van der Waals surface area contributed by atoms with Crippen LogP contribution in [0.25, 0.3) is 0 Å². The van der Waals surface area contributed by atoms with E-state index < -0.39 is 5.91 Å². The number of carbonyl (C=O) groups is 2. The van der Waals surface area contributed by atoms with E-state index in [4.69, 9.17) is 18.0 Å². The second kappa shape index (κ2) is 8.05. The van der Waals surface area contributed by atoms with Gasteiger partial charge in [0.05, 0.1) is 5.56 Å². The van der Waals surface area contributed by atoms with Crippen LogP contribution in [0.4, 0.5) is 5.00 Å². The molecule has 5 nitrogen and oxygen atoms in total. The van der Waals surface area contributed by atoms with E-state index in [0.717, 1.165) is 24.8 Å². The summed E-state index contributed by atoms with van der Waals surface area (Å²) in [5, 5.41) is 6.56. The maximum Gasteiger partial charge on any atom is 0.251 e. The number of amides is 2. The molecule has 2 amide bonds. The van der Waals surface area contributed by atoms with Gasteiger partial charge < -0.3 is 16.4 Å². The van der Waals surface area contributed by atoms with Crippen molar-refractivity contribution in [1.82, 2.24) is 5.32 Å². The number of primary amides is 1. The minimum absolute atomic E-state index is 0.132. The molecule has 1 atom stereocenters. The molecule has 0 aromatic carbocycles. The predicted molar refractivity (Wildman–Crippen MR) is 112 cm³/mol. The van der Waals surface area contributed by atoms with Gasteiger partial charge in [-0.2, -0.15) is 0 Å². The number of thiocarbonyl (C=S) groups is 1. The standard InChI is InChI=1S/C19H29N3O2S2/c1-10(2)8-14(23)21-18(25)22-17-15(16(20)24)12-7-6-11(19(3,4)5)9-13(12)26-17/h10-11H,6-9H2,1-5H3,(H2,20,24)(H2,21,22,23,25)/t11-/m1/s1. The number of hydrogen-bond donors (Lipinski definition) is 3. The molecule has 1 heterocycles. The molecule has 1 aliphatic rings. The second-order valence-corrected chi connectivity index (χ2v) is 9.99. The van der Waals surface area contributed by atoms with Gasteiger partial charge >= 0.3 is 0 Å². The smallest absolute Gasteiger partial charge is 0.251 e. The molecule has 2 rings (SSSR count). The Morgan fingerprint density at radius 2 is 2.00 bits per heavy atom. The molecule has 0 bridgehead atoms. The topological polar surface area (TPSA) is 84.2 Å². The average molecular weight is 396 g/mol. The van der Waals surface area contributed by atoms with E-state index in [1.54, 1.807) is 0 Å². The zero-order chi connectivity index (χ0) is 19.6. The normalized spacial score (nSPS) is 16.9. The highest BCUT2D eigenvalue weighted by atomic mass is 32.1. The van der Waals surface area contributed by atoms with Gasteiger partial charge in [0.2, 0.25) is 5.91 Å². The van der Waals surface area contributed by atoms with E-state index >= 15 is 0 Å². The van der Waals surface area contributed by atoms with Gasteiger partial charge in [0.1, 0.15) is 5.00 Å². The highest BCUT2D eigenvalue weighted by Crippen LogP contribution is 2.44. The highest BCUT2D eigenvalue weighted by molar-refractivity contribution is 7.80. The third-order valence-corrected chi connectivity index (χ3v) is 6.18. The van der Waals surface area contributed by atoms with Crippen molar-refractivity contribution < 1.29 is 9.59 Å². The number of thiophene rings is 1. The van der Waals surface area contributed by atoms with Crippen LogP contribution in [0.2, 0.25) is 0 Å². The van der Waals surface area contributed by atoms with E-state index in [2.05, 4.69) is 31.4 Å². The monoisotopic (exact) mass is 395 g/mol. The Morgan fingerprint density at radius 1 is 1.35 bits per heavy atom. The lowest BCUT2D eigenvalue weighted by Crippen LogP contribution is -2.35. The number of nitrogens with one attached hydrogen (secondary N) is 2. The zero-order valence-corrected chi connectivity index (χ0v) is 17.8. The summed E-state index contributed by atoms with van der Waals surface area (Å²) < 4.78 is 0. The fourth-order valence-corrected chi connectivity index (χ4v) is 4.97. The molecule has 144 valence electrons. The predicted octanol–water partition coefficient (Wildman–Crippen LogP) is 3.86. The number of rotatable bonds is 4.